The number of nitrogens with one attached hydrogen (secondary N) is 5. The molecule has 15 heteroatoms. The summed E-state index contributed by atoms with van der Waals surface area (Å²) in [7, 11) is 0. The van der Waals surface area contributed by atoms with Crippen molar-refractivity contribution in [3.05, 3.63) is 52.9 Å². The SMILES string of the molecule is CSCC[C@@H]1NC(=O)[C@H](C(C)C)NC(=O)[C@@H](C)NC(=O)CN(C(=O)CCc2c(C)noc2C)C[C@@H](Cc2ccccc2)NC(=O)[C@H](C)NC1=O. The quantitative estimate of drug-likeness (QED) is 0.254. The molecule has 274 valence electrons. The van der Waals surface area contributed by atoms with E-state index in [0.717, 1.165) is 11.1 Å². The van der Waals surface area contributed by atoms with E-state index < -0.39 is 66.3 Å². The van der Waals surface area contributed by atoms with Crippen molar-refractivity contribution >= 4 is 47.2 Å². The molecular formula is C35H51N7O7S. The molecule has 5 atom stereocenters. The van der Waals surface area contributed by atoms with Gasteiger partial charge in [-0.2, -0.15) is 11.8 Å². The Morgan fingerprint density at radius 3 is 2.20 bits per heavy atom. The van der Waals surface area contributed by atoms with Gasteiger partial charge in [-0.05, 0) is 70.4 Å². The molecule has 0 spiro atoms. The van der Waals surface area contributed by atoms with Gasteiger partial charge in [0.05, 0.1) is 18.3 Å². The molecule has 1 aromatic carbocycles. The van der Waals surface area contributed by atoms with Gasteiger partial charge in [0.15, 0.2) is 0 Å². The van der Waals surface area contributed by atoms with Gasteiger partial charge in [0.25, 0.3) is 0 Å². The van der Waals surface area contributed by atoms with Crippen molar-refractivity contribution in [2.24, 2.45) is 5.92 Å². The van der Waals surface area contributed by atoms with Gasteiger partial charge in [0.2, 0.25) is 35.4 Å². The number of aryl methyl sites for hydroxylation is 2. The molecule has 1 aliphatic heterocycles. The van der Waals surface area contributed by atoms with Crippen LogP contribution in [0.3, 0.4) is 0 Å². The highest BCUT2D eigenvalue weighted by molar-refractivity contribution is 7.98. The standard InChI is InChI=1S/C35H51N7O7S/c1-20(2)31-35(48)39-28(15-16-50-7)34(47)37-23(5)32(45)38-26(17-25-11-9-8-10-12-25)18-42(19-29(43)36-22(4)33(46)40-31)30(44)14-13-27-21(3)41-49-24(27)6/h8-12,20,22-23,26,28,31H,13-19H2,1-7H3,(H,36,43)(H,37,47)(H,38,45)(H,39,48)(H,40,46)/t22-,23+,26-,28+,31+/m1/s1. The Morgan fingerprint density at radius 1 is 0.920 bits per heavy atom. The number of aromatic nitrogens is 1. The molecule has 0 unspecified atom stereocenters. The van der Waals surface area contributed by atoms with Gasteiger partial charge in [-0.25, -0.2) is 0 Å². The molecule has 1 saturated heterocycles. The minimum absolute atomic E-state index is 0.0302. The summed E-state index contributed by atoms with van der Waals surface area (Å²) in [6.07, 6.45) is 2.85. The second-order valence-electron chi connectivity index (χ2n) is 13.1. The van der Waals surface area contributed by atoms with Crippen molar-refractivity contribution in [3.63, 3.8) is 0 Å². The molecule has 2 aromatic rings. The van der Waals surface area contributed by atoms with E-state index in [2.05, 4.69) is 31.7 Å². The van der Waals surface area contributed by atoms with Crippen LogP contribution < -0.4 is 26.6 Å². The number of hydrogen-bond acceptors (Lipinski definition) is 9. The van der Waals surface area contributed by atoms with E-state index in [1.54, 1.807) is 27.7 Å². The number of carbonyl (C=O) groups excluding carboxylic acids is 6. The molecule has 0 aliphatic carbocycles. The Morgan fingerprint density at radius 2 is 1.58 bits per heavy atom. The maximum Gasteiger partial charge on any atom is 0.243 e. The molecule has 1 aliphatic rings. The molecule has 5 N–H and O–H groups in total. The van der Waals surface area contributed by atoms with Crippen LogP contribution in [0.4, 0.5) is 0 Å². The van der Waals surface area contributed by atoms with E-state index in [0.29, 0.717) is 36.5 Å². The average molecular weight is 714 g/mol. The zero-order valence-corrected chi connectivity index (χ0v) is 30.8. The summed E-state index contributed by atoms with van der Waals surface area (Å²) in [6.45, 7) is 9.66. The van der Waals surface area contributed by atoms with Crippen LogP contribution >= 0.6 is 11.8 Å². The van der Waals surface area contributed by atoms with Crippen molar-refractivity contribution in [1.29, 1.82) is 0 Å². The largest absolute Gasteiger partial charge is 0.361 e. The zero-order chi connectivity index (χ0) is 37.0. The van der Waals surface area contributed by atoms with Crippen molar-refractivity contribution in [1.82, 2.24) is 36.6 Å². The number of thioether (sulfide) groups is 1. The maximum atomic E-state index is 13.8. The lowest BCUT2D eigenvalue weighted by molar-refractivity contribution is -0.138. The zero-order valence-electron chi connectivity index (χ0n) is 30.0. The normalized spacial score (nSPS) is 23.2. The van der Waals surface area contributed by atoms with E-state index in [1.165, 1.54) is 30.5 Å². The Bertz CT molecular complexity index is 1480. The van der Waals surface area contributed by atoms with Crippen LogP contribution in [0.25, 0.3) is 0 Å². The van der Waals surface area contributed by atoms with Crippen LogP contribution in [-0.4, -0.2) is 101 Å². The molecule has 0 bridgehead atoms. The van der Waals surface area contributed by atoms with Crippen molar-refractivity contribution in [2.45, 2.75) is 97.4 Å². The molecule has 1 aromatic heterocycles. The topological polar surface area (TPSA) is 192 Å². The molecule has 0 saturated carbocycles. The predicted octanol–water partition coefficient (Wildman–Crippen LogP) is 1.18. The van der Waals surface area contributed by atoms with E-state index in [-0.39, 0.29) is 24.8 Å². The van der Waals surface area contributed by atoms with Gasteiger partial charge in [0, 0.05) is 18.5 Å². The summed E-state index contributed by atoms with van der Waals surface area (Å²) >= 11 is 1.50. The second kappa shape index (κ2) is 19.1. The molecule has 6 amide bonds. The minimum Gasteiger partial charge on any atom is -0.361 e. The summed E-state index contributed by atoms with van der Waals surface area (Å²) in [4.78, 5) is 82.3. The first-order valence-electron chi connectivity index (χ1n) is 16.9. The van der Waals surface area contributed by atoms with E-state index in [1.807, 2.05) is 36.6 Å². The van der Waals surface area contributed by atoms with Crippen molar-refractivity contribution in [3.8, 4) is 0 Å². The first kappa shape index (κ1) is 40.0. The van der Waals surface area contributed by atoms with Crippen molar-refractivity contribution in [2.75, 3.05) is 25.1 Å². The molecule has 2 heterocycles. The van der Waals surface area contributed by atoms with E-state index >= 15 is 0 Å². The Labute approximate surface area is 298 Å². The summed E-state index contributed by atoms with van der Waals surface area (Å²) in [5.74, 6) is -2.34. The van der Waals surface area contributed by atoms with Gasteiger partial charge in [-0.3, -0.25) is 28.8 Å². The van der Waals surface area contributed by atoms with Crippen LogP contribution in [0, 0.1) is 19.8 Å². The summed E-state index contributed by atoms with van der Waals surface area (Å²) < 4.78 is 5.25. The number of nitrogens with zero attached hydrogens (tertiary/aromatic N) is 2. The monoisotopic (exact) mass is 713 g/mol. The molecule has 3 rings (SSSR count). The smallest absolute Gasteiger partial charge is 0.243 e. The van der Waals surface area contributed by atoms with Gasteiger partial charge in [0.1, 0.15) is 29.9 Å². The molecule has 1 fully saturated rings. The second-order valence-corrected chi connectivity index (χ2v) is 14.1. The maximum absolute atomic E-state index is 13.8. The van der Waals surface area contributed by atoms with Crippen LogP contribution in [0.15, 0.2) is 34.9 Å². The fraction of sp³-hybridized carbons (Fsp3) is 0.571. The van der Waals surface area contributed by atoms with Crippen LogP contribution in [0.5, 0.6) is 0 Å². The first-order valence-corrected chi connectivity index (χ1v) is 18.3. The highest BCUT2D eigenvalue weighted by Crippen LogP contribution is 2.16. The molecular weight excluding hydrogens is 662 g/mol. The summed E-state index contributed by atoms with van der Waals surface area (Å²) in [5.41, 5.74) is 2.35. The third-order valence-corrected chi connectivity index (χ3v) is 9.23. The van der Waals surface area contributed by atoms with Crippen LogP contribution in [0.2, 0.25) is 0 Å². The number of amides is 6. The Hall–Kier alpha value is -4.40. The lowest BCUT2D eigenvalue weighted by Gasteiger charge is -2.31. The predicted molar refractivity (Wildman–Crippen MR) is 190 cm³/mol. The average Bonchev–Trinajstić information content (AvgIpc) is 3.39. The highest BCUT2D eigenvalue weighted by atomic mass is 32.2. The van der Waals surface area contributed by atoms with Gasteiger partial charge >= 0.3 is 0 Å². The number of rotatable bonds is 9. The molecule has 50 heavy (non-hydrogen) atoms. The number of carbonyl (C=O) groups is 6. The lowest BCUT2D eigenvalue weighted by atomic mass is 10.0. The van der Waals surface area contributed by atoms with E-state index in [4.69, 9.17) is 4.52 Å². The summed E-state index contributed by atoms with van der Waals surface area (Å²) in [5, 5.41) is 17.8. The Kier molecular flexibility index (Phi) is 15.3. The van der Waals surface area contributed by atoms with Crippen LogP contribution in [0.1, 0.15) is 63.1 Å². The minimum atomic E-state index is -1.05. The van der Waals surface area contributed by atoms with Crippen LogP contribution in [-0.2, 0) is 41.6 Å². The van der Waals surface area contributed by atoms with E-state index in [9.17, 15) is 28.8 Å². The molecule has 0 radical (unpaired) electrons. The first-order chi connectivity index (χ1) is 23.7. The Balaban J connectivity index is 1.98. The summed E-state index contributed by atoms with van der Waals surface area (Å²) in [6, 6.07) is 4.70. The number of benzene rings is 1. The van der Waals surface area contributed by atoms with Gasteiger partial charge in [-0.15, -0.1) is 0 Å². The fourth-order valence-electron chi connectivity index (χ4n) is 5.64. The van der Waals surface area contributed by atoms with Gasteiger partial charge in [-0.1, -0.05) is 49.3 Å². The number of hydrogen-bond donors (Lipinski definition) is 5. The fourth-order valence-corrected chi connectivity index (χ4v) is 6.11. The highest BCUT2D eigenvalue weighted by Gasteiger charge is 2.32. The molecule has 14 nitrogen and oxygen atoms in total. The van der Waals surface area contributed by atoms with Crippen molar-refractivity contribution < 1.29 is 33.3 Å². The third kappa shape index (κ3) is 11.9. The lowest BCUT2D eigenvalue weighted by Crippen LogP contribution is -2.60. The third-order valence-electron chi connectivity index (χ3n) is 8.58. The van der Waals surface area contributed by atoms with Gasteiger partial charge < -0.3 is 36.0 Å².